The molecule has 0 heterocycles. The molecule has 0 nitrogen and oxygen atoms in total. The minimum atomic E-state index is 0.190. The van der Waals surface area contributed by atoms with Crippen LogP contribution in [0.2, 0.25) is 5.82 Å². The monoisotopic (exact) mass is 534 g/mol. The molecule has 0 aromatic heterocycles. The first-order chi connectivity index (χ1) is 19.5. The molecule has 1 unspecified atom stereocenters. The highest BCUT2D eigenvalue weighted by Crippen LogP contribution is 2.34. The van der Waals surface area contributed by atoms with Gasteiger partial charge in [0.25, 0.3) is 0 Å². The van der Waals surface area contributed by atoms with E-state index in [9.17, 15) is 0 Å². The zero-order chi connectivity index (χ0) is 29.6. The molecule has 0 amide bonds. The van der Waals surface area contributed by atoms with Gasteiger partial charge in [-0.1, -0.05) is 162 Å². The first kappa shape index (κ1) is 29.0. The van der Waals surface area contributed by atoms with Crippen molar-refractivity contribution >= 4 is 35.3 Å². The predicted molar refractivity (Wildman–Crippen MR) is 184 cm³/mol. The van der Waals surface area contributed by atoms with Crippen LogP contribution in [0, 0.1) is 69.2 Å². The van der Waals surface area contributed by atoms with Crippen LogP contribution in [0.3, 0.4) is 0 Å². The highest BCUT2D eigenvalue weighted by molar-refractivity contribution is 6.96. The molecule has 4 aromatic carbocycles. The first-order valence-electron chi connectivity index (χ1n) is 15.2. The van der Waals surface area contributed by atoms with Gasteiger partial charge in [-0.2, -0.15) is 0 Å². The summed E-state index contributed by atoms with van der Waals surface area (Å²) in [6, 6.07) is 23.1. The van der Waals surface area contributed by atoms with Crippen molar-refractivity contribution in [2.75, 3.05) is 0 Å². The van der Waals surface area contributed by atoms with E-state index in [0.717, 1.165) is 0 Å². The summed E-state index contributed by atoms with van der Waals surface area (Å²) in [6.07, 6.45) is 7.27. The van der Waals surface area contributed by atoms with Crippen LogP contribution in [-0.2, 0) is 0 Å². The molecule has 4 aromatic rings. The molecule has 1 atom stereocenters. The van der Waals surface area contributed by atoms with Crippen LogP contribution in [0.5, 0.6) is 0 Å². The fourth-order valence-electron chi connectivity index (χ4n) is 8.01. The van der Waals surface area contributed by atoms with Crippen molar-refractivity contribution in [1.82, 2.24) is 0 Å². The van der Waals surface area contributed by atoms with Gasteiger partial charge in [-0.05, 0) is 75.1 Å². The fourth-order valence-corrected chi connectivity index (χ4v) is 8.01. The van der Waals surface area contributed by atoms with Gasteiger partial charge < -0.3 is 0 Å². The van der Waals surface area contributed by atoms with Crippen molar-refractivity contribution in [2.24, 2.45) is 0 Å². The zero-order valence-corrected chi connectivity index (χ0v) is 26.7. The van der Waals surface area contributed by atoms with Crippen LogP contribution in [0.1, 0.15) is 55.6 Å². The molecule has 41 heavy (non-hydrogen) atoms. The van der Waals surface area contributed by atoms with E-state index in [1.807, 2.05) is 0 Å². The van der Waals surface area contributed by atoms with Crippen molar-refractivity contribution < 1.29 is 0 Å². The lowest BCUT2D eigenvalue weighted by Gasteiger charge is -2.33. The SMILES string of the molecule is Cc1cc(C)c(B(C2=CC=CC2B(c2c(C)cccc2C)c2c(C)cc(C)cc2C)c2c(C)cccc2C)c(C)c1. The molecule has 0 saturated heterocycles. The molecule has 0 aliphatic heterocycles. The number of hydrogen-bond donors (Lipinski definition) is 0. The largest absolute Gasteiger partial charge is 0.238 e. The topological polar surface area (TPSA) is 0 Å². The highest BCUT2D eigenvalue weighted by Gasteiger charge is 2.41. The Bertz CT molecular complexity index is 1610. The molecule has 206 valence electrons. The normalized spacial score (nSPS) is 14.4. The Morgan fingerprint density at radius 2 is 0.829 bits per heavy atom. The van der Waals surface area contributed by atoms with Crippen LogP contribution in [0.25, 0.3) is 0 Å². The molecule has 0 radical (unpaired) electrons. The third-order valence-corrected chi connectivity index (χ3v) is 9.44. The number of rotatable bonds is 6. The maximum atomic E-state index is 2.49. The van der Waals surface area contributed by atoms with Gasteiger partial charge in [0, 0.05) is 0 Å². The van der Waals surface area contributed by atoms with E-state index >= 15 is 0 Å². The Morgan fingerprint density at radius 3 is 1.29 bits per heavy atom. The van der Waals surface area contributed by atoms with Crippen molar-refractivity contribution in [3.63, 3.8) is 0 Å². The molecule has 0 fully saturated rings. The molecule has 2 heteroatoms. The molecular weight excluding hydrogens is 490 g/mol. The summed E-state index contributed by atoms with van der Waals surface area (Å²) in [4.78, 5) is 0. The molecular formula is C39H44B2. The lowest BCUT2D eigenvalue weighted by molar-refractivity contribution is 1.28. The van der Waals surface area contributed by atoms with Gasteiger partial charge in [-0.3, -0.25) is 0 Å². The van der Waals surface area contributed by atoms with Crippen LogP contribution in [-0.4, -0.2) is 13.4 Å². The van der Waals surface area contributed by atoms with E-state index in [0.29, 0.717) is 0 Å². The fraction of sp³-hybridized carbons (Fsp3) is 0.282. The third kappa shape index (κ3) is 5.30. The van der Waals surface area contributed by atoms with Gasteiger partial charge in [0.2, 0.25) is 13.4 Å². The van der Waals surface area contributed by atoms with E-state index in [-0.39, 0.29) is 19.2 Å². The second-order valence-electron chi connectivity index (χ2n) is 12.7. The Balaban J connectivity index is 1.82. The second kappa shape index (κ2) is 11.4. The first-order valence-corrected chi connectivity index (χ1v) is 15.2. The lowest BCUT2D eigenvalue weighted by Crippen LogP contribution is -2.55. The summed E-state index contributed by atoms with van der Waals surface area (Å²) in [5.41, 5.74) is 21.1. The standard InChI is InChI=1S/C39H44B2/c1-24-20-30(7)38(31(8)21-24)40(36-26(3)14-11-15-27(36)4)34-18-13-19-35(34)41(37-28(5)16-12-17-29(37)6)39-32(9)22-25(2)23-33(39)10/h11-23,34H,1-10H3. The predicted octanol–water partition coefficient (Wildman–Crippen LogP) is 7.09. The van der Waals surface area contributed by atoms with E-state index in [2.05, 4.69) is 148 Å². The molecule has 0 bridgehead atoms. The van der Waals surface area contributed by atoms with Crippen LogP contribution in [0.15, 0.2) is 84.4 Å². The van der Waals surface area contributed by atoms with Crippen LogP contribution < -0.4 is 21.9 Å². The minimum Gasteiger partial charge on any atom is -0.0904 e. The lowest BCUT2D eigenvalue weighted by atomic mass is 9.23. The summed E-state index contributed by atoms with van der Waals surface area (Å²) in [5, 5.41) is 0. The van der Waals surface area contributed by atoms with Gasteiger partial charge in [0.1, 0.15) is 0 Å². The number of aryl methyl sites for hydroxylation is 10. The summed E-state index contributed by atoms with van der Waals surface area (Å²) in [7, 11) is 0. The van der Waals surface area contributed by atoms with Crippen molar-refractivity contribution in [1.29, 1.82) is 0 Å². The van der Waals surface area contributed by atoms with Gasteiger partial charge in [-0.25, -0.2) is 0 Å². The van der Waals surface area contributed by atoms with Crippen LogP contribution >= 0.6 is 0 Å². The van der Waals surface area contributed by atoms with Gasteiger partial charge in [-0.15, -0.1) is 0 Å². The van der Waals surface area contributed by atoms with Crippen molar-refractivity contribution in [3.8, 4) is 0 Å². The maximum absolute atomic E-state index is 2.49. The van der Waals surface area contributed by atoms with E-state index in [1.54, 1.807) is 0 Å². The molecule has 0 spiro atoms. The molecule has 0 N–H and O–H groups in total. The van der Waals surface area contributed by atoms with Gasteiger partial charge in [0.05, 0.1) is 0 Å². The smallest absolute Gasteiger partial charge is 0.0904 e. The van der Waals surface area contributed by atoms with Crippen molar-refractivity contribution in [2.45, 2.75) is 75.1 Å². The maximum Gasteiger partial charge on any atom is 0.238 e. The highest BCUT2D eigenvalue weighted by atomic mass is 14.2. The number of allylic oxidation sites excluding steroid dienone is 4. The Kier molecular flexibility index (Phi) is 8.06. The average molecular weight is 534 g/mol. The van der Waals surface area contributed by atoms with Gasteiger partial charge in [0.15, 0.2) is 0 Å². The Labute approximate surface area is 249 Å². The second-order valence-corrected chi connectivity index (χ2v) is 12.7. The zero-order valence-electron chi connectivity index (χ0n) is 26.7. The molecule has 5 rings (SSSR count). The number of hydrogen-bond acceptors (Lipinski definition) is 0. The van der Waals surface area contributed by atoms with Crippen LogP contribution in [0.4, 0.5) is 0 Å². The van der Waals surface area contributed by atoms with E-state index in [1.165, 1.54) is 83.0 Å². The number of benzene rings is 4. The Morgan fingerprint density at radius 1 is 0.463 bits per heavy atom. The third-order valence-electron chi connectivity index (χ3n) is 9.44. The quantitative estimate of drug-likeness (QED) is 0.232. The molecule has 1 aliphatic rings. The Hall–Kier alpha value is -3.51. The summed E-state index contributed by atoms with van der Waals surface area (Å²) >= 11 is 0. The summed E-state index contributed by atoms with van der Waals surface area (Å²) < 4.78 is 0. The molecule has 0 saturated carbocycles. The average Bonchev–Trinajstić information content (AvgIpc) is 3.34. The molecule has 1 aliphatic carbocycles. The van der Waals surface area contributed by atoms with Crippen molar-refractivity contribution in [3.05, 3.63) is 140 Å². The van der Waals surface area contributed by atoms with E-state index < -0.39 is 0 Å². The van der Waals surface area contributed by atoms with E-state index in [4.69, 9.17) is 0 Å². The summed E-state index contributed by atoms with van der Waals surface area (Å²) in [6.45, 7) is 23.3. The summed E-state index contributed by atoms with van der Waals surface area (Å²) in [5.74, 6) is 0.249. The van der Waals surface area contributed by atoms with Gasteiger partial charge >= 0.3 is 0 Å². The minimum absolute atomic E-state index is 0.190.